The van der Waals surface area contributed by atoms with Crippen LogP contribution in [0.5, 0.6) is 0 Å². The van der Waals surface area contributed by atoms with Gasteiger partial charge in [0.2, 0.25) is 0 Å². The zero-order valence-electron chi connectivity index (χ0n) is 11.6. The summed E-state index contributed by atoms with van der Waals surface area (Å²) in [6.07, 6.45) is 1.88. The van der Waals surface area contributed by atoms with Gasteiger partial charge in [-0.25, -0.2) is 0 Å². The molecule has 0 spiro atoms. The molecule has 7 heteroatoms. The van der Waals surface area contributed by atoms with Crippen LogP contribution >= 0.6 is 27.7 Å². The lowest BCUT2D eigenvalue weighted by atomic mass is 10.2. The molecule has 0 fully saturated rings. The van der Waals surface area contributed by atoms with Crippen LogP contribution in [0, 0.1) is 6.92 Å². The van der Waals surface area contributed by atoms with E-state index < -0.39 is 0 Å². The first-order valence-electron chi connectivity index (χ1n) is 6.33. The van der Waals surface area contributed by atoms with Gasteiger partial charge in [0, 0.05) is 23.5 Å². The molecule has 0 radical (unpaired) electrons. The Morgan fingerprint density at radius 1 is 1.24 bits per heavy atom. The van der Waals surface area contributed by atoms with Gasteiger partial charge in [0.05, 0.1) is 11.3 Å². The first-order valence-corrected chi connectivity index (χ1v) is 8.11. The SMILES string of the molecule is Cc1nn(C)cc1-c1nnc(SCc2ccc(Br)cc2)o1. The smallest absolute Gasteiger partial charge is 0.277 e. The van der Waals surface area contributed by atoms with Gasteiger partial charge in [0.25, 0.3) is 11.1 Å². The van der Waals surface area contributed by atoms with Crippen LogP contribution in [-0.4, -0.2) is 20.0 Å². The summed E-state index contributed by atoms with van der Waals surface area (Å²) in [5.74, 6) is 1.31. The van der Waals surface area contributed by atoms with Crippen molar-refractivity contribution in [2.24, 2.45) is 7.05 Å². The number of benzene rings is 1. The highest BCUT2D eigenvalue weighted by Gasteiger charge is 2.14. The topological polar surface area (TPSA) is 56.7 Å². The molecule has 0 N–H and O–H groups in total. The molecule has 0 aliphatic heterocycles. The zero-order chi connectivity index (χ0) is 14.8. The van der Waals surface area contributed by atoms with E-state index in [4.69, 9.17) is 4.42 Å². The molecule has 0 aliphatic carbocycles. The van der Waals surface area contributed by atoms with Gasteiger partial charge in [-0.2, -0.15) is 5.10 Å². The van der Waals surface area contributed by atoms with Crippen molar-refractivity contribution >= 4 is 27.7 Å². The van der Waals surface area contributed by atoms with Crippen molar-refractivity contribution in [3.63, 3.8) is 0 Å². The molecule has 3 rings (SSSR count). The molecule has 0 atom stereocenters. The Morgan fingerprint density at radius 3 is 2.67 bits per heavy atom. The first-order chi connectivity index (χ1) is 10.1. The van der Waals surface area contributed by atoms with Crippen molar-refractivity contribution in [3.8, 4) is 11.5 Å². The van der Waals surface area contributed by atoms with Crippen molar-refractivity contribution in [2.45, 2.75) is 17.9 Å². The third-order valence-electron chi connectivity index (χ3n) is 2.93. The number of hydrogen-bond acceptors (Lipinski definition) is 5. The second kappa shape index (κ2) is 6.03. The van der Waals surface area contributed by atoms with Gasteiger partial charge in [-0.15, -0.1) is 10.2 Å². The fourth-order valence-electron chi connectivity index (χ4n) is 1.91. The van der Waals surface area contributed by atoms with E-state index in [0.717, 1.165) is 21.5 Å². The summed E-state index contributed by atoms with van der Waals surface area (Å²) in [6.45, 7) is 1.92. The lowest BCUT2D eigenvalue weighted by Crippen LogP contribution is -1.86. The Kier molecular flexibility index (Phi) is 4.12. The minimum absolute atomic E-state index is 0.513. The Balaban J connectivity index is 1.70. The Labute approximate surface area is 134 Å². The first kappa shape index (κ1) is 14.3. The van der Waals surface area contributed by atoms with Gasteiger partial charge in [-0.3, -0.25) is 4.68 Å². The van der Waals surface area contributed by atoms with Gasteiger partial charge in [-0.1, -0.05) is 39.8 Å². The summed E-state index contributed by atoms with van der Waals surface area (Å²) >= 11 is 4.95. The van der Waals surface area contributed by atoms with Crippen LogP contribution in [0.1, 0.15) is 11.3 Å². The van der Waals surface area contributed by atoms with Crippen LogP contribution in [0.4, 0.5) is 0 Å². The van der Waals surface area contributed by atoms with Gasteiger partial charge < -0.3 is 4.42 Å². The molecule has 2 heterocycles. The number of rotatable bonds is 4. The third kappa shape index (κ3) is 3.36. The zero-order valence-corrected chi connectivity index (χ0v) is 14.0. The molecule has 0 saturated carbocycles. The average molecular weight is 365 g/mol. The minimum atomic E-state index is 0.513. The van der Waals surface area contributed by atoms with E-state index >= 15 is 0 Å². The molecule has 108 valence electrons. The molecule has 3 aromatic rings. The van der Waals surface area contributed by atoms with Crippen molar-refractivity contribution in [1.29, 1.82) is 0 Å². The Bertz CT molecular complexity index is 751. The standard InChI is InChI=1S/C14H13BrN4OS/c1-9-12(7-19(2)18-9)13-16-17-14(20-13)21-8-10-3-5-11(15)6-4-10/h3-7H,8H2,1-2H3. The molecule has 0 bridgehead atoms. The summed E-state index contributed by atoms with van der Waals surface area (Å²) in [6, 6.07) is 8.18. The number of nitrogens with zero attached hydrogens (tertiary/aromatic N) is 4. The fourth-order valence-corrected chi connectivity index (χ4v) is 2.90. The van der Waals surface area contributed by atoms with E-state index in [2.05, 4.69) is 43.4 Å². The molecule has 0 saturated heterocycles. The molecular formula is C14H13BrN4OS. The maximum atomic E-state index is 5.69. The second-order valence-corrected chi connectivity index (χ2v) is 6.43. The van der Waals surface area contributed by atoms with Crippen LogP contribution < -0.4 is 0 Å². The maximum absolute atomic E-state index is 5.69. The van der Waals surface area contributed by atoms with E-state index in [1.807, 2.05) is 32.3 Å². The molecule has 0 aliphatic rings. The molecule has 21 heavy (non-hydrogen) atoms. The highest BCUT2D eigenvalue weighted by atomic mass is 79.9. The molecule has 0 unspecified atom stereocenters. The fraction of sp³-hybridized carbons (Fsp3) is 0.214. The highest BCUT2D eigenvalue weighted by Crippen LogP contribution is 2.27. The lowest BCUT2D eigenvalue weighted by molar-refractivity contribution is 0.465. The van der Waals surface area contributed by atoms with Crippen LogP contribution in [0.25, 0.3) is 11.5 Å². The van der Waals surface area contributed by atoms with E-state index in [1.165, 1.54) is 17.3 Å². The lowest BCUT2D eigenvalue weighted by Gasteiger charge is -1.98. The number of hydrogen-bond donors (Lipinski definition) is 0. The van der Waals surface area contributed by atoms with Crippen LogP contribution in [0.2, 0.25) is 0 Å². The Morgan fingerprint density at radius 2 is 2.00 bits per heavy atom. The largest absolute Gasteiger partial charge is 0.411 e. The van der Waals surface area contributed by atoms with E-state index in [-0.39, 0.29) is 0 Å². The van der Waals surface area contributed by atoms with E-state index in [9.17, 15) is 0 Å². The summed E-state index contributed by atoms with van der Waals surface area (Å²) in [5.41, 5.74) is 2.96. The van der Waals surface area contributed by atoms with E-state index in [1.54, 1.807) is 4.68 Å². The Hall–Kier alpha value is -1.60. The van der Waals surface area contributed by atoms with Crippen molar-refractivity contribution in [1.82, 2.24) is 20.0 Å². The molecule has 0 amide bonds. The third-order valence-corrected chi connectivity index (χ3v) is 4.34. The van der Waals surface area contributed by atoms with E-state index in [0.29, 0.717) is 11.1 Å². The van der Waals surface area contributed by atoms with Gasteiger partial charge in [0.15, 0.2) is 0 Å². The molecule has 5 nitrogen and oxygen atoms in total. The van der Waals surface area contributed by atoms with Gasteiger partial charge in [-0.05, 0) is 24.6 Å². The number of aryl methyl sites for hydroxylation is 2. The molecule has 2 aromatic heterocycles. The van der Waals surface area contributed by atoms with Crippen molar-refractivity contribution in [2.75, 3.05) is 0 Å². The summed E-state index contributed by atoms with van der Waals surface area (Å²) in [4.78, 5) is 0. The van der Waals surface area contributed by atoms with Crippen LogP contribution in [-0.2, 0) is 12.8 Å². The molecular weight excluding hydrogens is 352 g/mol. The predicted molar refractivity (Wildman–Crippen MR) is 84.9 cm³/mol. The second-order valence-electron chi connectivity index (χ2n) is 4.59. The summed E-state index contributed by atoms with van der Waals surface area (Å²) in [5, 5.41) is 13.0. The van der Waals surface area contributed by atoms with Crippen molar-refractivity contribution < 1.29 is 4.42 Å². The summed E-state index contributed by atoms with van der Waals surface area (Å²) < 4.78 is 8.50. The summed E-state index contributed by atoms with van der Waals surface area (Å²) in [7, 11) is 1.87. The predicted octanol–water partition coefficient (Wildman–Crippen LogP) is 3.83. The average Bonchev–Trinajstić information content (AvgIpc) is 3.04. The van der Waals surface area contributed by atoms with Gasteiger partial charge >= 0.3 is 0 Å². The highest BCUT2D eigenvalue weighted by molar-refractivity contribution is 9.10. The van der Waals surface area contributed by atoms with Gasteiger partial charge in [0.1, 0.15) is 0 Å². The normalized spacial score (nSPS) is 11.0. The van der Waals surface area contributed by atoms with Crippen LogP contribution in [0.15, 0.2) is 44.6 Å². The molecule has 1 aromatic carbocycles. The monoisotopic (exact) mass is 364 g/mol. The number of aromatic nitrogens is 4. The number of halogens is 1. The minimum Gasteiger partial charge on any atom is -0.411 e. The quantitative estimate of drug-likeness (QED) is 0.658. The number of thioether (sulfide) groups is 1. The van der Waals surface area contributed by atoms with Crippen LogP contribution in [0.3, 0.4) is 0 Å². The van der Waals surface area contributed by atoms with Crippen molar-refractivity contribution in [3.05, 3.63) is 46.2 Å². The maximum Gasteiger partial charge on any atom is 0.277 e.